The Bertz CT molecular complexity index is 3270. The Kier molecular flexibility index (Phi) is 6.84. The van der Waals surface area contributed by atoms with Crippen molar-refractivity contribution in [1.82, 2.24) is 33.5 Å². The van der Waals surface area contributed by atoms with E-state index in [-0.39, 0.29) is 5.69 Å². The predicted molar refractivity (Wildman–Crippen MR) is 220 cm³/mol. The monoisotopic (exact) mass is 707 g/mol. The van der Waals surface area contributed by atoms with Crippen LogP contribution in [0.4, 0.5) is 0 Å². The van der Waals surface area contributed by atoms with Crippen LogP contribution in [0.5, 0.6) is 0 Å². The van der Waals surface area contributed by atoms with Gasteiger partial charge < -0.3 is 0 Å². The fourth-order valence-corrected chi connectivity index (χ4v) is 7.87. The molecule has 0 aliphatic heterocycles. The molecule has 8 heteroatoms. The molecule has 0 aliphatic carbocycles. The lowest BCUT2D eigenvalue weighted by Crippen LogP contribution is -2.26. The van der Waals surface area contributed by atoms with Crippen molar-refractivity contribution in [2.75, 3.05) is 0 Å². The average molecular weight is 708 g/mol. The summed E-state index contributed by atoms with van der Waals surface area (Å²) in [4.78, 5) is 34.6. The molecule has 0 aliphatic rings. The van der Waals surface area contributed by atoms with Crippen LogP contribution in [-0.2, 0) is 0 Å². The van der Waals surface area contributed by atoms with E-state index in [0.717, 1.165) is 71.7 Å². The number of hydrogen-bond acceptors (Lipinski definition) is 5. The molecule has 0 N–H and O–H groups in total. The van der Waals surface area contributed by atoms with Gasteiger partial charge >= 0.3 is 5.69 Å². The lowest BCUT2D eigenvalue weighted by Gasteiger charge is -2.15. The maximum Gasteiger partial charge on any atom is 0.339 e. The van der Waals surface area contributed by atoms with Crippen molar-refractivity contribution in [2.24, 2.45) is 0 Å². The van der Waals surface area contributed by atoms with Crippen molar-refractivity contribution in [2.45, 2.75) is 0 Å². The summed E-state index contributed by atoms with van der Waals surface area (Å²) in [6.45, 7) is 0. The van der Waals surface area contributed by atoms with Crippen LogP contribution in [0.2, 0.25) is 0 Å². The third-order valence-electron chi connectivity index (χ3n) is 10.3. The van der Waals surface area contributed by atoms with Gasteiger partial charge in [-0.05, 0) is 59.7 Å². The molecule has 0 radical (unpaired) electrons. The van der Waals surface area contributed by atoms with Crippen LogP contribution in [-0.4, -0.2) is 33.5 Å². The molecule has 0 atom stereocenters. The highest BCUT2D eigenvalue weighted by molar-refractivity contribution is 6.12. The van der Waals surface area contributed by atoms with Crippen LogP contribution in [0, 0.1) is 0 Å². The summed E-state index contributed by atoms with van der Waals surface area (Å²) in [6, 6.07) is 58.7. The Hall–Kier alpha value is -7.71. The van der Waals surface area contributed by atoms with Crippen LogP contribution in [0.1, 0.15) is 0 Å². The van der Waals surface area contributed by atoms with Gasteiger partial charge in [-0.1, -0.05) is 127 Å². The topological polar surface area (TPSA) is 82.9 Å². The Morgan fingerprint density at radius 1 is 0.418 bits per heavy atom. The molecule has 11 rings (SSSR count). The second-order valence-corrected chi connectivity index (χ2v) is 13.5. The van der Waals surface area contributed by atoms with Crippen molar-refractivity contribution in [3.8, 4) is 45.5 Å². The first kappa shape index (κ1) is 30.9. The highest BCUT2D eigenvalue weighted by atomic mass is 16.1. The summed E-state index contributed by atoms with van der Waals surface area (Å²) in [7, 11) is 0. The zero-order valence-electron chi connectivity index (χ0n) is 29.3. The largest absolute Gasteiger partial charge is 0.339 e. The van der Waals surface area contributed by atoms with Gasteiger partial charge in [0.1, 0.15) is 0 Å². The Labute approximate surface area is 313 Å². The highest BCUT2D eigenvalue weighted by Gasteiger charge is 2.22. The maximum atomic E-state index is 14.4. The summed E-state index contributed by atoms with van der Waals surface area (Å²) in [5, 5.41) is 3.01. The molecule has 55 heavy (non-hydrogen) atoms. The number of para-hydroxylation sites is 4. The van der Waals surface area contributed by atoms with Gasteiger partial charge in [0.15, 0.2) is 17.3 Å². The first-order valence-corrected chi connectivity index (χ1v) is 18.1. The molecule has 0 spiro atoms. The molecule has 0 saturated carbocycles. The van der Waals surface area contributed by atoms with Crippen molar-refractivity contribution in [3.63, 3.8) is 0 Å². The standard InChI is InChI=1S/C47H29N7O/c55-47-52(33-19-8-3-9-20-33)41-26-14-22-34(42(41)45-48-37-23-11-13-25-40(37)54(45)47)32-27-28-39-36(29-32)35-21-10-12-24-38(35)53(39)46-50-43(30-15-4-1-5-16-30)49-44(51-46)31-17-6-2-7-18-31/h1-29H. The van der Waals surface area contributed by atoms with Crippen LogP contribution in [0.25, 0.3) is 94.9 Å². The minimum absolute atomic E-state index is 0.167. The predicted octanol–water partition coefficient (Wildman–Crippen LogP) is 10.1. The highest BCUT2D eigenvalue weighted by Crippen LogP contribution is 2.38. The van der Waals surface area contributed by atoms with Crippen LogP contribution >= 0.6 is 0 Å². The number of rotatable bonds is 5. The molecule has 4 heterocycles. The summed E-state index contributed by atoms with van der Waals surface area (Å²) in [6.07, 6.45) is 0. The van der Waals surface area contributed by atoms with Crippen molar-refractivity contribution < 1.29 is 0 Å². The third-order valence-corrected chi connectivity index (χ3v) is 10.3. The van der Waals surface area contributed by atoms with Gasteiger partial charge in [0, 0.05) is 21.9 Å². The van der Waals surface area contributed by atoms with Crippen molar-refractivity contribution in [1.29, 1.82) is 0 Å². The van der Waals surface area contributed by atoms with Gasteiger partial charge in [-0.15, -0.1) is 0 Å². The van der Waals surface area contributed by atoms with E-state index < -0.39 is 0 Å². The van der Waals surface area contributed by atoms with E-state index >= 15 is 0 Å². The van der Waals surface area contributed by atoms with Gasteiger partial charge in [0.25, 0.3) is 0 Å². The molecule has 11 aromatic rings. The van der Waals surface area contributed by atoms with E-state index in [4.69, 9.17) is 19.9 Å². The summed E-state index contributed by atoms with van der Waals surface area (Å²) in [5.41, 5.74) is 9.30. The SMILES string of the molecule is O=c1n(-c2ccccc2)c2cccc(-c3ccc4c(c3)c3ccccc3n4-c3nc(-c4ccccc4)nc(-c4ccccc4)n3)c2c2nc3ccccc3n12. The minimum atomic E-state index is -0.167. The third kappa shape index (κ3) is 4.82. The van der Waals surface area contributed by atoms with Crippen LogP contribution in [0.3, 0.4) is 0 Å². The van der Waals surface area contributed by atoms with Gasteiger partial charge in [-0.2, -0.15) is 9.97 Å². The molecule has 4 aromatic heterocycles. The smallest absolute Gasteiger partial charge is 0.278 e. The average Bonchev–Trinajstić information content (AvgIpc) is 3.81. The normalized spacial score (nSPS) is 11.7. The van der Waals surface area contributed by atoms with E-state index in [1.165, 1.54) is 0 Å². The number of fused-ring (bicyclic) bond motifs is 8. The lowest BCUT2D eigenvalue weighted by molar-refractivity contribution is 0.932. The van der Waals surface area contributed by atoms with Crippen LogP contribution < -0.4 is 5.69 Å². The molecule has 0 saturated heterocycles. The van der Waals surface area contributed by atoms with Gasteiger partial charge in [-0.25, -0.2) is 19.2 Å². The fourth-order valence-electron chi connectivity index (χ4n) is 7.87. The number of hydrogen-bond donors (Lipinski definition) is 0. The number of benzene rings is 7. The first-order chi connectivity index (χ1) is 27.2. The maximum absolute atomic E-state index is 14.4. The quantitative estimate of drug-likeness (QED) is 0.178. The van der Waals surface area contributed by atoms with Gasteiger partial charge in [0.05, 0.1) is 38.7 Å². The molecular formula is C47H29N7O. The second kappa shape index (κ2) is 12.2. The molecule has 0 bridgehead atoms. The Balaban J connectivity index is 1.19. The number of nitrogens with zero attached hydrogens (tertiary/aromatic N) is 7. The Morgan fingerprint density at radius 3 is 1.75 bits per heavy atom. The van der Waals surface area contributed by atoms with Crippen molar-refractivity contribution >= 4 is 49.4 Å². The number of aromatic nitrogens is 7. The molecule has 258 valence electrons. The molecular weight excluding hydrogens is 679 g/mol. The van der Waals surface area contributed by atoms with E-state index in [1.54, 1.807) is 8.97 Å². The van der Waals surface area contributed by atoms with Gasteiger partial charge in [-0.3, -0.25) is 9.13 Å². The summed E-state index contributed by atoms with van der Waals surface area (Å²) < 4.78 is 5.67. The zero-order chi connectivity index (χ0) is 36.5. The summed E-state index contributed by atoms with van der Waals surface area (Å²) in [5.74, 6) is 1.74. The van der Waals surface area contributed by atoms with E-state index in [2.05, 4.69) is 47.0 Å². The van der Waals surface area contributed by atoms with E-state index in [9.17, 15) is 4.79 Å². The second-order valence-electron chi connectivity index (χ2n) is 13.5. The lowest BCUT2D eigenvalue weighted by atomic mass is 9.99. The molecule has 0 amide bonds. The molecule has 0 unspecified atom stereocenters. The van der Waals surface area contributed by atoms with Crippen molar-refractivity contribution in [3.05, 3.63) is 186 Å². The first-order valence-electron chi connectivity index (χ1n) is 18.1. The molecule has 8 nitrogen and oxygen atoms in total. The molecule has 0 fully saturated rings. The van der Waals surface area contributed by atoms with E-state index in [0.29, 0.717) is 23.2 Å². The molecule has 7 aromatic carbocycles. The van der Waals surface area contributed by atoms with Crippen LogP contribution in [0.15, 0.2) is 181 Å². The Morgan fingerprint density at radius 2 is 1.02 bits per heavy atom. The van der Waals surface area contributed by atoms with Gasteiger partial charge in [0.2, 0.25) is 5.95 Å². The van der Waals surface area contributed by atoms with E-state index in [1.807, 2.05) is 133 Å². The minimum Gasteiger partial charge on any atom is -0.278 e. The fraction of sp³-hybridized carbons (Fsp3) is 0. The summed E-state index contributed by atoms with van der Waals surface area (Å²) >= 11 is 0. The number of imidazole rings is 1. The zero-order valence-corrected chi connectivity index (χ0v) is 29.3.